The van der Waals surface area contributed by atoms with E-state index in [-0.39, 0.29) is 11.6 Å². The molecule has 0 bridgehead atoms. The average molecular weight is 512 g/mol. The summed E-state index contributed by atoms with van der Waals surface area (Å²) in [5.41, 5.74) is 2.30. The van der Waals surface area contributed by atoms with Crippen molar-refractivity contribution in [2.75, 3.05) is 12.4 Å². The van der Waals surface area contributed by atoms with Gasteiger partial charge in [-0.25, -0.2) is 19.6 Å². The van der Waals surface area contributed by atoms with Crippen LogP contribution in [0.1, 0.15) is 17.4 Å². The summed E-state index contributed by atoms with van der Waals surface area (Å²) in [6.45, 7) is 9.34. The standard InChI is InChI=1S/C23H15Cl2N5O3S/c1-11(31)29-17-8-12(6-7-27-17)20-19(26-2)18(14-5-4-13(24)9-15(14)25)21(34-20)22-28-10-16(30-22)23(32)33-3/h4-10H,1,3H3,(H,28,30)(H,27,29,31). The molecule has 3 aromatic heterocycles. The topological polar surface area (TPSA) is 101 Å². The monoisotopic (exact) mass is 511 g/mol. The summed E-state index contributed by atoms with van der Waals surface area (Å²) in [5.74, 6) is -0.103. The molecule has 0 unspecified atom stereocenters. The number of rotatable bonds is 5. The number of H-pyrrole nitrogens is 1. The lowest BCUT2D eigenvalue weighted by atomic mass is 10.0. The van der Waals surface area contributed by atoms with E-state index in [0.717, 1.165) is 0 Å². The zero-order valence-corrected chi connectivity index (χ0v) is 20.1. The minimum atomic E-state index is -0.568. The second-order valence-corrected chi connectivity index (χ2v) is 8.83. The number of nitrogens with one attached hydrogen (secondary N) is 2. The Morgan fingerprint density at radius 3 is 2.65 bits per heavy atom. The fraction of sp³-hybridized carbons (Fsp3) is 0.0870. The van der Waals surface area contributed by atoms with Gasteiger partial charge in [-0.1, -0.05) is 29.3 Å². The number of pyridine rings is 1. The van der Waals surface area contributed by atoms with Crippen molar-refractivity contribution in [3.05, 3.63) is 69.9 Å². The van der Waals surface area contributed by atoms with E-state index in [4.69, 9.17) is 34.5 Å². The molecule has 11 heteroatoms. The van der Waals surface area contributed by atoms with Crippen molar-refractivity contribution in [2.45, 2.75) is 6.92 Å². The highest BCUT2D eigenvalue weighted by Gasteiger charge is 2.26. The zero-order valence-electron chi connectivity index (χ0n) is 17.8. The summed E-state index contributed by atoms with van der Waals surface area (Å²) in [4.78, 5) is 39.9. The minimum absolute atomic E-state index is 0.168. The molecule has 0 aliphatic carbocycles. The molecule has 0 atom stereocenters. The van der Waals surface area contributed by atoms with Gasteiger partial charge in [-0.3, -0.25) is 4.79 Å². The number of thiophene rings is 1. The molecule has 0 aliphatic rings. The zero-order chi connectivity index (χ0) is 24.4. The van der Waals surface area contributed by atoms with Crippen molar-refractivity contribution in [1.82, 2.24) is 15.0 Å². The van der Waals surface area contributed by atoms with Crippen molar-refractivity contribution < 1.29 is 14.3 Å². The summed E-state index contributed by atoms with van der Waals surface area (Å²) >= 11 is 13.9. The number of methoxy groups -OCH3 is 1. The Hall–Kier alpha value is -3.71. The van der Waals surface area contributed by atoms with Gasteiger partial charge in [0.1, 0.15) is 17.3 Å². The number of carbonyl (C=O) groups excluding carboxylic acids is 2. The van der Waals surface area contributed by atoms with Crippen LogP contribution >= 0.6 is 34.5 Å². The fourth-order valence-corrected chi connectivity index (χ4v) is 5.01. The summed E-state index contributed by atoms with van der Waals surface area (Å²) in [6, 6.07) is 8.43. The number of halogens is 2. The SMILES string of the molecule is [C-]#[N+]c1c(-c2ccnc(NC(C)=O)c2)sc(-c2ncc(C(=O)OC)[nH]2)c1-c1ccc(Cl)cc1Cl. The molecule has 34 heavy (non-hydrogen) atoms. The molecule has 0 radical (unpaired) electrons. The van der Waals surface area contributed by atoms with Crippen LogP contribution in [0.2, 0.25) is 10.0 Å². The molecular formula is C23H15Cl2N5O3S. The highest BCUT2D eigenvalue weighted by Crippen LogP contribution is 2.53. The van der Waals surface area contributed by atoms with Gasteiger partial charge in [0.05, 0.1) is 24.8 Å². The molecular weight excluding hydrogens is 497 g/mol. The Labute approximate surface area is 208 Å². The van der Waals surface area contributed by atoms with E-state index in [1.54, 1.807) is 36.5 Å². The van der Waals surface area contributed by atoms with E-state index in [1.807, 2.05) is 0 Å². The Morgan fingerprint density at radius 1 is 1.18 bits per heavy atom. The van der Waals surface area contributed by atoms with Crippen molar-refractivity contribution in [3.63, 3.8) is 0 Å². The minimum Gasteiger partial charge on any atom is -0.464 e. The molecule has 0 aliphatic heterocycles. The first-order valence-corrected chi connectivity index (χ1v) is 11.3. The lowest BCUT2D eigenvalue weighted by Crippen LogP contribution is -2.07. The number of hydrogen-bond donors (Lipinski definition) is 2. The second-order valence-electron chi connectivity index (χ2n) is 6.97. The maximum atomic E-state index is 12.0. The third kappa shape index (κ3) is 4.52. The Balaban J connectivity index is 1.98. The van der Waals surface area contributed by atoms with Crippen LogP contribution < -0.4 is 5.32 Å². The maximum absolute atomic E-state index is 12.0. The summed E-state index contributed by atoms with van der Waals surface area (Å²) < 4.78 is 4.76. The van der Waals surface area contributed by atoms with Gasteiger partial charge < -0.3 is 15.0 Å². The van der Waals surface area contributed by atoms with Crippen molar-refractivity contribution in [3.8, 4) is 32.3 Å². The number of aromatic amines is 1. The molecule has 0 fully saturated rings. The van der Waals surface area contributed by atoms with E-state index in [2.05, 4.69) is 25.1 Å². The van der Waals surface area contributed by atoms with E-state index >= 15 is 0 Å². The van der Waals surface area contributed by atoms with Crippen molar-refractivity contribution in [2.24, 2.45) is 0 Å². The fourth-order valence-electron chi connectivity index (χ4n) is 3.30. The molecule has 1 aromatic carbocycles. The number of benzene rings is 1. The lowest BCUT2D eigenvalue weighted by molar-refractivity contribution is -0.114. The van der Waals surface area contributed by atoms with Gasteiger partial charge in [-0.2, -0.15) is 0 Å². The Kier molecular flexibility index (Phi) is 6.65. The lowest BCUT2D eigenvalue weighted by Gasteiger charge is -2.07. The quantitative estimate of drug-likeness (QED) is 0.236. The number of imidazole rings is 1. The highest BCUT2D eigenvalue weighted by atomic mass is 35.5. The van der Waals surface area contributed by atoms with Crippen LogP contribution in [-0.2, 0) is 9.53 Å². The van der Waals surface area contributed by atoms with Crippen LogP contribution in [0.3, 0.4) is 0 Å². The van der Waals surface area contributed by atoms with Gasteiger partial charge >= 0.3 is 5.97 Å². The predicted molar refractivity (Wildman–Crippen MR) is 132 cm³/mol. The number of amides is 1. The van der Waals surface area contributed by atoms with Crippen molar-refractivity contribution in [1.29, 1.82) is 0 Å². The number of ether oxygens (including phenoxy) is 1. The number of esters is 1. The van der Waals surface area contributed by atoms with Crippen LogP contribution in [-0.4, -0.2) is 33.9 Å². The largest absolute Gasteiger partial charge is 0.464 e. The third-order valence-corrected chi connectivity index (χ3v) is 6.50. The van der Waals surface area contributed by atoms with E-state index < -0.39 is 5.97 Å². The van der Waals surface area contributed by atoms with Gasteiger partial charge in [-0.05, 0) is 35.4 Å². The van der Waals surface area contributed by atoms with Crippen LogP contribution in [0.15, 0.2) is 42.7 Å². The van der Waals surface area contributed by atoms with Crippen LogP contribution in [0, 0.1) is 6.57 Å². The summed E-state index contributed by atoms with van der Waals surface area (Å²) in [7, 11) is 1.28. The van der Waals surface area contributed by atoms with E-state index in [9.17, 15) is 9.59 Å². The molecule has 1 amide bonds. The van der Waals surface area contributed by atoms with Crippen LogP contribution in [0.5, 0.6) is 0 Å². The molecule has 2 N–H and O–H groups in total. The molecule has 4 rings (SSSR count). The number of hydrogen-bond acceptors (Lipinski definition) is 6. The molecule has 170 valence electrons. The average Bonchev–Trinajstić information content (AvgIpc) is 3.43. The third-order valence-electron chi connectivity index (χ3n) is 4.72. The molecule has 0 saturated carbocycles. The maximum Gasteiger partial charge on any atom is 0.356 e. The Morgan fingerprint density at radius 2 is 1.97 bits per heavy atom. The van der Waals surface area contributed by atoms with Gasteiger partial charge in [0.25, 0.3) is 0 Å². The van der Waals surface area contributed by atoms with Gasteiger partial charge in [-0.15, -0.1) is 11.3 Å². The molecule has 0 spiro atoms. The van der Waals surface area contributed by atoms with Crippen molar-refractivity contribution >= 4 is 57.9 Å². The second kappa shape index (κ2) is 9.65. The smallest absolute Gasteiger partial charge is 0.356 e. The first kappa shape index (κ1) is 23.4. The number of nitrogens with zero attached hydrogens (tertiary/aromatic N) is 3. The predicted octanol–water partition coefficient (Wildman–Crippen LogP) is 6.47. The number of anilines is 1. The summed E-state index contributed by atoms with van der Waals surface area (Å²) in [5, 5.41) is 3.46. The van der Waals surface area contributed by atoms with Crippen LogP contribution in [0.25, 0.3) is 37.1 Å². The van der Waals surface area contributed by atoms with E-state index in [0.29, 0.717) is 53.8 Å². The number of aromatic nitrogens is 3. The first-order valence-electron chi connectivity index (χ1n) is 9.69. The molecule has 3 heterocycles. The molecule has 0 saturated heterocycles. The normalized spacial score (nSPS) is 10.6. The van der Waals surface area contributed by atoms with Gasteiger partial charge in [0.15, 0.2) is 0 Å². The summed E-state index contributed by atoms with van der Waals surface area (Å²) in [6.07, 6.45) is 2.91. The molecule has 8 nitrogen and oxygen atoms in total. The van der Waals surface area contributed by atoms with Crippen LogP contribution in [0.4, 0.5) is 11.5 Å². The van der Waals surface area contributed by atoms with E-state index in [1.165, 1.54) is 31.6 Å². The highest BCUT2D eigenvalue weighted by molar-refractivity contribution is 7.20. The Bertz CT molecular complexity index is 1470. The first-order chi connectivity index (χ1) is 16.3. The molecule has 4 aromatic rings. The number of carbonyl (C=O) groups is 2. The van der Waals surface area contributed by atoms with Gasteiger partial charge in [0, 0.05) is 33.6 Å². The van der Waals surface area contributed by atoms with Gasteiger partial charge in [0.2, 0.25) is 11.6 Å².